The number of carbonyl (C=O) groups excluding carboxylic acids is 1. The van der Waals surface area contributed by atoms with Crippen molar-refractivity contribution < 1.29 is 18.8 Å². The molecule has 1 atom stereocenters. The first-order chi connectivity index (χ1) is 15.5. The Morgan fingerprint density at radius 2 is 1.78 bits per heavy atom. The quantitative estimate of drug-likeness (QED) is 0.600. The number of urea groups is 1. The molecule has 0 fully saturated rings. The molecule has 1 N–H and O–H groups in total. The number of benzene rings is 2. The Balaban J connectivity index is 1.77. The second kappa shape index (κ2) is 9.23. The maximum atomic E-state index is 12.9. The molecule has 8 heteroatoms. The van der Waals surface area contributed by atoms with Crippen LogP contribution in [-0.2, 0) is 4.74 Å². The molecule has 32 heavy (non-hydrogen) atoms. The Hall–Kier alpha value is -3.65. The number of hydrogen-bond donors (Lipinski definition) is 1. The van der Waals surface area contributed by atoms with Gasteiger partial charge in [-0.1, -0.05) is 47.1 Å². The molecule has 3 aromatic rings. The first kappa shape index (κ1) is 21.6. The molecule has 0 radical (unpaired) electrons. The average Bonchev–Trinajstić information content (AvgIpc) is 3.29. The van der Waals surface area contributed by atoms with Gasteiger partial charge in [-0.25, -0.2) is 4.79 Å². The summed E-state index contributed by atoms with van der Waals surface area (Å²) < 4.78 is 16.1. The van der Waals surface area contributed by atoms with Crippen molar-refractivity contribution >= 4 is 11.6 Å². The molecule has 0 aliphatic carbocycles. The summed E-state index contributed by atoms with van der Waals surface area (Å²) >= 11 is 0. The van der Waals surface area contributed by atoms with E-state index in [1.165, 1.54) is 0 Å². The van der Waals surface area contributed by atoms with Gasteiger partial charge >= 0.3 is 6.03 Å². The highest BCUT2D eigenvalue weighted by Crippen LogP contribution is 2.37. The first-order valence-electron chi connectivity index (χ1n) is 10.3. The third-order valence-corrected chi connectivity index (χ3v) is 5.53. The van der Waals surface area contributed by atoms with E-state index >= 15 is 0 Å². The molecular weight excluding hydrogens is 408 g/mol. The smallest absolute Gasteiger partial charge is 0.322 e. The van der Waals surface area contributed by atoms with E-state index in [2.05, 4.69) is 15.5 Å². The van der Waals surface area contributed by atoms with Crippen LogP contribution < -0.4 is 10.1 Å². The zero-order valence-electron chi connectivity index (χ0n) is 18.6. The summed E-state index contributed by atoms with van der Waals surface area (Å²) in [7, 11) is 3.22. The molecule has 166 valence electrons. The molecular formula is C24H26N4O4. The van der Waals surface area contributed by atoms with Crippen LogP contribution in [0.3, 0.4) is 0 Å². The van der Waals surface area contributed by atoms with Crippen LogP contribution >= 0.6 is 0 Å². The molecule has 0 saturated carbocycles. The van der Waals surface area contributed by atoms with Crippen molar-refractivity contribution in [3.63, 3.8) is 0 Å². The fourth-order valence-corrected chi connectivity index (χ4v) is 3.71. The van der Waals surface area contributed by atoms with Gasteiger partial charge in [-0.3, -0.25) is 4.90 Å². The lowest BCUT2D eigenvalue weighted by Crippen LogP contribution is -2.47. The maximum Gasteiger partial charge on any atom is 0.322 e. The van der Waals surface area contributed by atoms with Crippen molar-refractivity contribution in [3.05, 3.63) is 71.2 Å². The lowest BCUT2D eigenvalue weighted by molar-refractivity contribution is 0.158. The summed E-state index contributed by atoms with van der Waals surface area (Å²) in [6.07, 6.45) is 0. The van der Waals surface area contributed by atoms with Gasteiger partial charge in [0.1, 0.15) is 5.75 Å². The number of allylic oxidation sites excluding steroid dienone is 1. The standard InChI is InChI=1S/C24H26N4O4/c1-15-5-7-18(8-6-15)22-26-23(32-27-22)20-16(2)28(13-14-30-3)24(29)25-21(20)17-9-11-19(31-4)12-10-17/h5-12,21H,13-14H2,1-4H3,(H,25,29). The van der Waals surface area contributed by atoms with Crippen LogP contribution in [0, 0.1) is 6.92 Å². The molecule has 0 spiro atoms. The van der Waals surface area contributed by atoms with Crippen molar-refractivity contribution in [1.29, 1.82) is 0 Å². The number of ether oxygens (including phenoxy) is 2. The molecule has 4 rings (SSSR count). The Morgan fingerprint density at radius 1 is 1.06 bits per heavy atom. The van der Waals surface area contributed by atoms with Crippen LogP contribution in [0.1, 0.15) is 30.0 Å². The predicted octanol–water partition coefficient (Wildman–Crippen LogP) is 4.20. The number of aromatic nitrogens is 2. The van der Waals surface area contributed by atoms with Gasteiger partial charge in [0.05, 0.1) is 31.9 Å². The molecule has 1 aliphatic heterocycles. The van der Waals surface area contributed by atoms with Gasteiger partial charge < -0.3 is 19.3 Å². The van der Waals surface area contributed by atoms with Gasteiger partial charge in [0, 0.05) is 18.4 Å². The molecule has 1 unspecified atom stereocenters. The van der Waals surface area contributed by atoms with Crippen molar-refractivity contribution in [1.82, 2.24) is 20.4 Å². The van der Waals surface area contributed by atoms with Gasteiger partial charge in [0.2, 0.25) is 5.82 Å². The van der Waals surface area contributed by atoms with Crippen LogP contribution in [0.15, 0.2) is 58.8 Å². The van der Waals surface area contributed by atoms with Gasteiger partial charge in [-0.05, 0) is 31.5 Å². The molecule has 1 aliphatic rings. The second-order valence-corrected chi connectivity index (χ2v) is 7.59. The van der Waals surface area contributed by atoms with E-state index in [4.69, 9.17) is 14.0 Å². The van der Waals surface area contributed by atoms with E-state index in [0.717, 1.165) is 33.7 Å². The molecule has 2 aromatic carbocycles. The molecule has 8 nitrogen and oxygen atoms in total. The Kier molecular flexibility index (Phi) is 6.23. The van der Waals surface area contributed by atoms with E-state index < -0.39 is 6.04 Å². The SMILES string of the molecule is COCCN1C(=O)NC(c2ccc(OC)cc2)C(c2nc(-c3ccc(C)cc3)no2)=C1C. The number of amides is 2. The molecule has 1 aromatic heterocycles. The zero-order valence-corrected chi connectivity index (χ0v) is 18.6. The van der Waals surface area contributed by atoms with Crippen LogP contribution in [-0.4, -0.2) is 48.4 Å². The average molecular weight is 434 g/mol. The second-order valence-electron chi connectivity index (χ2n) is 7.59. The van der Waals surface area contributed by atoms with Crippen molar-refractivity contribution in [2.45, 2.75) is 19.9 Å². The number of nitrogens with zero attached hydrogens (tertiary/aromatic N) is 3. The monoisotopic (exact) mass is 434 g/mol. The highest BCUT2D eigenvalue weighted by Gasteiger charge is 2.35. The number of carbonyl (C=O) groups is 1. The summed E-state index contributed by atoms with van der Waals surface area (Å²) in [5.74, 6) is 1.59. The fraction of sp³-hybridized carbons (Fsp3) is 0.292. The Bertz CT molecular complexity index is 1120. The molecule has 2 amide bonds. The lowest BCUT2D eigenvalue weighted by Gasteiger charge is -2.35. The minimum Gasteiger partial charge on any atom is -0.497 e. The molecule has 2 heterocycles. The molecule has 0 saturated heterocycles. The summed E-state index contributed by atoms with van der Waals surface area (Å²) in [5, 5.41) is 7.26. The van der Waals surface area contributed by atoms with Crippen molar-refractivity contribution in [2.24, 2.45) is 0 Å². The number of nitrogens with one attached hydrogen (secondary N) is 1. The van der Waals surface area contributed by atoms with E-state index in [0.29, 0.717) is 24.9 Å². The van der Waals surface area contributed by atoms with Crippen molar-refractivity contribution in [2.75, 3.05) is 27.4 Å². The van der Waals surface area contributed by atoms with E-state index in [-0.39, 0.29) is 6.03 Å². The summed E-state index contributed by atoms with van der Waals surface area (Å²) in [6.45, 7) is 4.73. The topological polar surface area (TPSA) is 89.7 Å². The third kappa shape index (κ3) is 4.22. The number of rotatable bonds is 7. The van der Waals surface area contributed by atoms with Gasteiger partial charge in [0.15, 0.2) is 0 Å². The fourth-order valence-electron chi connectivity index (χ4n) is 3.71. The van der Waals surface area contributed by atoms with E-state index in [1.807, 2.05) is 62.4 Å². The van der Waals surface area contributed by atoms with E-state index in [1.54, 1.807) is 19.1 Å². The maximum absolute atomic E-state index is 12.9. The Labute approximate surface area is 186 Å². The van der Waals surface area contributed by atoms with Gasteiger partial charge in [-0.15, -0.1) is 0 Å². The lowest BCUT2D eigenvalue weighted by atomic mass is 9.94. The number of aryl methyl sites for hydroxylation is 1. The number of methoxy groups -OCH3 is 2. The summed E-state index contributed by atoms with van der Waals surface area (Å²) in [5.41, 5.74) is 4.39. The highest BCUT2D eigenvalue weighted by atomic mass is 16.5. The number of hydrogen-bond acceptors (Lipinski definition) is 6. The minimum absolute atomic E-state index is 0.206. The summed E-state index contributed by atoms with van der Waals surface area (Å²) in [4.78, 5) is 19.2. The van der Waals surface area contributed by atoms with Crippen LogP contribution in [0.2, 0.25) is 0 Å². The summed E-state index contributed by atoms with van der Waals surface area (Å²) in [6, 6.07) is 14.8. The van der Waals surface area contributed by atoms with E-state index in [9.17, 15) is 4.79 Å². The van der Waals surface area contributed by atoms with Gasteiger partial charge in [0.25, 0.3) is 5.89 Å². The van der Waals surface area contributed by atoms with Crippen LogP contribution in [0.5, 0.6) is 5.75 Å². The third-order valence-electron chi connectivity index (χ3n) is 5.53. The Morgan fingerprint density at radius 3 is 2.44 bits per heavy atom. The van der Waals surface area contributed by atoms with Crippen LogP contribution in [0.4, 0.5) is 4.79 Å². The first-order valence-corrected chi connectivity index (χ1v) is 10.3. The largest absolute Gasteiger partial charge is 0.497 e. The minimum atomic E-state index is -0.446. The highest BCUT2D eigenvalue weighted by molar-refractivity contribution is 5.86. The van der Waals surface area contributed by atoms with Crippen LogP contribution in [0.25, 0.3) is 17.0 Å². The van der Waals surface area contributed by atoms with Crippen molar-refractivity contribution in [3.8, 4) is 17.1 Å². The zero-order chi connectivity index (χ0) is 22.7. The van der Waals surface area contributed by atoms with Gasteiger partial charge in [-0.2, -0.15) is 4.98 Å². The molecule has 0 bridgehead atoms. The normalized spacial score (nSPS) is 16.3. The predicted molar refractivity (Wildman–Crippen MR) is 120 cm³/mol.